The molecule has 1 amide bonds. The number of aliphatic hydroxyl groups is 1. The summed E-state index contributed by atoms with van der Waals surface area (Å²) in [6.45, 7) is 5.43. The van der Waals surface area contributed by atoms with Gasteiger partial charge in [0.1, 0.15) is 0 Å². The van der Waals surface area contributed by atoms with Crippen molar-refractivity contribution in [1.82, 2.24) is 4.90 Å². The molecule has 1 aliphatic rings. The molecule has 1 saturated heterocycles. The molecule has 13 heavy (non-hydrogen) atoms. The van der Waals surface area contributed by atoms with Gasteiger partial charge in [0.2, 0.25) is 5.91 Å². The van der Waals surface area contributed by atoms with E-state index in [4.69, 9.17) is 0 Å². The smallest absolute Gasteiger partial charge is 0.222 e. The van der Waals surface area contributed by atoms with Crippen molar-refractivity contribution in [1.29, 1.82) is 0 Å². The summed E-state index contributed by atoms with van der Waals surface area (Å²) in [4.78, 5) is 13.3. The zero-order valence-corrected chi connectivity index (χ0v) is 8.49. The van der Waals surface area contributed by atoms with Crippen LogP contribution in [0.25, 0.3) is 0 Å². The summed E-state index contributed by atoms with van der Waals surface area (Å²) in [5.74, 6) is 0.623. The minimum absolute atomic E-state index is 0.188. The first-order valence-electron chi connectivity index (χ1n) is 5.09. The molecule has 0 aromatic rings. The molecule has 2 atom stereocenters. The highest BCUT2D eigenvalue weighted by atomic mass is 16.3. The Morgan fingerprint density at radius 2 is 2.23 bits per heavy atom. The van der Waals surface area contributed by atoms with E-state index in [9.17, 15) is 9.90 Å². The maximum Gasteiger partial charge on any atom is 0.222 e. The van der Waals surface area contributed by atoms with Crippen molar-refractivity contribution in [2.75, 3.05) is 13.1 Å². The predicted molar refractivity (Wildman–Crippen MR) is 51.3 cm³/mol. The molecular weight excluding hydrogens is 166 g/mol. The molecule has 0 aromatic heterocycles. The van der Waals surface area contributed by atoms with Crippen molar-refractivity contribution >= 4 is 5.91 Å². The maximum atomic E-state index is 11.5. The van der Waals surface area contributed by atoms with Gasteiger partial charge in [-0.25, -0.2) is 0 Å². The van der Waals surface area contributed by atoms with E-state index < -0.39 is 0 Å². The highest BCUT2D eigenvalue weighted by Crippen LogP contribution is 2.17. The predicted octanol–water partition coefficient (Wildman–Crippen LogP) is 1.02. The fraction of sp³-hybridized carbons (Fsp3) is 0.900. The third-order valence-corrected chi connectivity index (χ3v) is 2.45. The van der Waals surface area contributed by atoms with Crippen LogP contribution in [-0.2, 0) is 4.79 Å². The summed E-state index contributed by atoms with van der Waals surface area (Å²) in [5, 5.41) is 9.47. The van der Waals surface area contributed by atoms with Crippen molar-refractivity contribution in [2.24, 2.45) is 5.92 Å². The van der Waals surface area contributed by atoms with Crippen molar-refractivity contribution < 1.29 is 9.90 Å². The number of hydrogen-bond donors (Lipinski definition) is 1. The standard InChI is InChI=1S/C10H19NO2/c1-3-4-10(13)11-6-8(2)5-9(12)7-11/h8-9,12H,3-7H2,1-2H3. The van der Waals surface area contributed by atoms with Gasteiger partial charge in [-0.05, 0) is 18.8 Å². The Bertz CT molecular complexity index is 172. The van der Waals surface area contributed by atoms with Crippen LogP contribution in [0.3, 0.4) is 0 Å². The Labute approximate surface area is 79.7 Å². The van der Waals surface area contributed by atoms with Gasteiger partial charge >= 0.3 is 0 Å². The zero-order chi connectivity index (χ0) is 9.84. The lowest BCUT2D eigenvalue weighted by Crippen LogP contribution is -2.45. The fourth-order valence-corrected chi connectivity index (χ4v) is 1.89. The van der Waals surface area contributed by atoms with Crippen LogP contribution in [-0.4, -0.2) is 35.1 Å². The molecule has 3 heteroatoms. The topological polar surface area (TPSA) is 40.5 Å². The lowest BCUT2D eigenvalue weighted by Gasteiger charge is -2.34. The van der Waals surface area contributed by atoms with Crippen LogP contribution < -0.4 is 0 Å². The summed E-state index contributed by atoms with van der Waals surface area (Å²) in [5.41, 5.74) is 0. The summed E-state index contributed by atoms with van der Waals surface area (Å²) in [6.07, 6.45) is 2.01. The third kappa shape index (κ3) is 2.99. The minimum atomic E-state index is -0.315. The molecule has 1 rings (SSSR count). The number of likely N-dealkylation sites (tertiary alicyclic amines) is 1. The lowest BCUT2D eigenvalue weighted by molar-refractivity contribution is -0.135. The summed E-state index contributed by atoms with van der Waals surface area (Å²) >= 11 is 0. The van der Waals surface area contributed by atoms with Gasteiger partial charge < -0.3 is 10.0 Å². The van der Waals surface area contributed by atoms with Gasteiger partial charge in [-0.3, -0.25) is 4.79 Å². The van der Waals surface area contributed by atoms with Gasteiger partial charge in [-0.2, -0.15) is 0 Å². The van der Waals surface area contributed by atoms with Crippen molar-refractivity contribution in [3.05, 3.63) is 0 Å². The highest BCUT2D eigenvalue weighted by molar-refractivity contribution is 5.76. The van der Waals surface area contributed by atoms with Gasteiger partial charge in [0.25, 0.3) is 0 Å². The number of hydrogen-bond acceptors (Lipinski definition) is 2. The summed E-state index contributed by atoms with van der Waals surface area (Å²) < 4.78 is 0. The number of carbonyl (C=O) groups excluding carboxylic acids is 1. The maximum absolute atomic E-state index is 11.5. The molecule has 0 bridgehead atoms. The first-order chi connectivity index (χ1) is 6.13. The molecule has 2 unspecified atom stereocenters. The Morgan fingerprint density at radius 1 is 1.54 bits per heavy atom. The van der Waals surface area contributed by atoms with Crippen LogP contribution >= 0.6 is 0 Å². The van der Waals surface area contributed by atoms with E-state index in [1.165, 1.54) is 0 Å². The molecule has 3 nitrogen and oxygen atoms in total. The second kappa shape index (κ2) is 4.61. The van der Waals surface area contributed by atoms with E-state index in [2.05, 4.69) is 6.92 Å². The van der Waals surface area contributed by atoms with Gasteiger partial charge in [-0.1, -0.05) is 13.8 Å². The van der Waals surface area contributed by atoms with E-state index in [-0.39, 0.29) is 12.0 Å². The van der Waals surface area contributed by atoms with Crippen LogP contribution in [0.2, 0.25) is 0 Å². The van der Waals surface area contributed by atoms with E-state index >= 15 is 0 Å². The molecule has 0 radical (unpaired) electrons. The monoisotopic (exact) mass is 185 g/mol. The van der Waals surface area contributed by atoms with Gasteiger partial charge in [0, 0.05) is 19.5 Å². The number of nitrogens with zero attached hydrogens (tertiary/aromatic N) is 1. The van der Waals surface area contributed by atoms with Gasteiger partial charge in [0.05, 0.1) is 6.10 Å². The first kappa shape index (κ1) is 10.5. The van der Waals surface area contributed by atoms with Crippen molar-refractivity contribution in [3.8, 4) is 0 Å². The SMILES string of the molecule is CCCC(=O)N1CC(C)CC(O)C1. The molecule has 0 saturated carbocycles. The molecule has 1 fully saturated rings. The van der Waals surface area contributed by atoms with Crippen molar-refractivity contribution in [2.45, 2.75) is 39.2 Å². The first-order valence-corrected chi connectivity index (χ1v) is 5.09. The molecule has 0 aromatic carbocycles. The third-order valence-electron chi connectivity index (χ3n) is 2.45. The molecule has 1 heterocycles. The summed E-state index contributed by atoms with van der Waals surface area (Å²) in [7, 11) is 0. The number of piperidine rings is 1. The number of aliphatic hydroxyl groups excluding tert-OH is 1. The zero-order valence-electron chi connectivity index (χ0n) is 8.49. The van der Waals surface area contributed by atoms with Crippen LogP contribution in [0.4, 0.5) is 0 Å². The molecule has 76 valence electrons. The van der Waals surface area contributed by atoms with Gasteiger partial charge in [0.15, 0.2) is 0 Å². The number of carbonyl (C=O) groups is 1. The molecular formula is C10H19NO2. The van der Waals surface area contributed by atoms with Gasteiger partial charge in [-0.15, -0.1) is 0 Å². The van der Waals surface area contributed by atoms with Crippen molar-refractivity contribution in [3.63, 3.8) is 0 Å². The van der Waals surface area contributed by atoms with E-state index in [0.717, 1.165) is 19.4 Å². The van der Waals surface area contributed by atoms with Crippen LogP contribution in [0.5, 0.6) is 0 Å². The van der Waals surface area contributed by atoms with Crippen LogP contribution in [0.15, 0.2) is 0 Å². The Morgan fingerprint density at radius 3 is 2.77 bits per heavy atom. The second-order valence-electron chi connectivity index (χ2n) is 4.04. The lowest BCUT2D eigenvalue weighted by atomic mass is 9.97. The minimum Gasteiger partial charge on any atom is -0.391 e. The Balaban J connectivity index is 2.45. The van der Waals surface area contributed by atoms with E-state index in [1.807, 2.05) is 6.92 Å². The molecule has 0 spiro atoms. The fourth-order valence-electron chi connectivity index (χ4n) is 1.89. The summed E-state index contributed by atoms with van der Waals surface area (Å²) in [6, 6.07) is 0. The molecule has 1 N–H and O–H groups in total. The largest absolute Gasteiger partial charge is 0.391 e. The second-order valence-corrected chi connectivity index (χ2v) is 4.04. The quantitative estimate of drug-likeness (QED) is 0.697. The van der Waals surface area contributed by atoms with E-state index in [1.54, 1.807) is 4.90 Å². The Hall–Kier alpha value is -0.570. The molecule has 1 aliphatic heterocycles. The number of amides is 1. The average Bonchev–Trinajstić information content (AvgIpc) is 2.03. The van der Waals surface area contributed by atoms with Crippen LogP contribution in [0.1, 0.15) is 33.1 Å². The Kier molecular flexibility index (Phi) is 3.72. The number of rotatable bonds is 2. The normalized spacial score (nSPS) is 29.0. The van der Waals surface area contributed by atoms with Crippen LogP contribution in [0, 0.1) is 5.92 Å². The molecule has 0 aliphatic carbocycles. The highest BCUT2D eigenvalue weighted by Gasteiger charge is 2.25. The van der Waals surface area contributed by atoms with E-state index in [0.29, 0.717) is 18.9 Å². The number of β-amino-alcohol motifs (C(OH)–C–C–N with tert-alkyl or cyclic N) is 1. The average molecular weight is 185 g/mol.